The minimum Gasteiger partial charge on any atom is -0.492 e. The van der Waals surface area contributed by atoms with Crippen LogP contribution in [-0.4, -0.2) is 17.6 Å². The van der Waals surface area contributed by atoms with Gasteiger partial charge in [-0.15, -0.1) is 0 Å². The van der Waals surface area contributed by atoms with Crippen LogP contribution in [0.4, 0.5) is 0 Å². The second kappa shape index (κ2) is 5.45. The molecule has 4 heteroatoms. The van der Waals surface area contributed by atoms with Gasteiger partial charge in [-0.25, -0.2) is 0 Å². The molecular formula is C15H18N2O2. The topological polar surface area (TPSA) is 47.3 Å². The summed E-state index contributed by atoms with van der Waals surface area (Å²) in [4.78, 5) is 4.17. The zero-order valence-electron chi connectivity index (χ0n) is 11.1. The van der Waals surface area contributed by atoms with E-state index in [1.165, 1.54) is 12.8 Å². The van der Waals surface area contributed by atoms with Crippen molar-refractivity contribution in [3.05, 3.63) is 36.4 Å². The number of aromatic nitrogens is 1. The van der Waals surface area contributed by atoms with E-state index in [-0.39, 0.29) is 0 Å². The van der Waals surface area contributed by atoms with Crippen LogP contribution in [0.15, 0.2) is 35.0 Å². The van der Waals surface area contributed by atoms with E-state index in [4.69, 9.17) is 9.15 Å². The van der Waals surface area contributed by atoms with Gasteiger partial charge in [-0.05, 0) is 38.0 Å². The lowest BCUT2D eigenvalue weighted by molar-refractivity contribution is 0.339. The van der Waals surface area contributed by atoms with Crippen molar-refractivity contribution in [1.29, 1.82) is 0 Å². The maximum Gasteiger partial charge on any atom is 0.138 e. The summed E-state index contributed by atoms with van der Waals surface area (Å²) < 4.78 is 11.3. The third-order valence-electron chi connectivity index (χ3n) is 3.11. The third kappa shape index (κ3) is 3.15. The molecule has 19 heavy (non-hydrogen) atoms. The maximum absolute atomic E-state index is 5.82. The van der Waals surface area contributed by atoms with E-state index in [9.17, 15) is 0 Å². The summed E-state index contributed by atoms with van der Waals surface area (Å²) in [6.07, 6.45) is 6.08. The highest BCUT2D eigenvalue weighted by Crippen LogP contribution is 2.25. The molecule has 1 saturated carbocycles. The van der Waals surface area contributed by atoms with Gasteiger partial charge in [0.05, 0.1) is 19.3 Å². The van der Waals surface area contributed by atoms with Crippen molar-refractivity contribution < 1.29 is 9.15 Å². The molecule has 4 nitrogen and oxygen atoms in total. The van der Waals surface area contributed by atoms with E-state index < -0.39 is 0 Å². The summed E-state index contributed by atoms with van der Waals surface area (Å²) in [5.41, 5.74) is 0.948. The highest BCUT2D eigenvalue weighted by atomic mass is 16.5. The van der Waals surface area contributed by atoms with Crippen molar-refractivity contribution >= 4 is 0 Å². The van der Waals surface area contributed by atoms with E-state index in [0.717, 1.165) is 29.4 Å². The molecule has 2 aromatic rings. The Hall–Kier alpha value is -1.81. The van der Waals surface area contributed by atoms with Crippen LogP contribution >= 0.6 is 0 Å². The summed E-state index contributed by atoms with van der Waals surface area (Å²) in [6.45, 7) is 3.39. The molecule has 0 aromatic carbocycles. The summed E-state index contributed by atoms with van der Waals surface area (Å²) in [5.74, 6) is 2.57. The molecule has 0 unspecified atom stereocenters. The lowest BCUT2D eigenvalue weighted by Gasteiger charge is -2.03. The van der Waals surface area contributed by atoms with Crippen LogP contribution in [0.1, 0.15) is 25.5 Å². The van der Waals surface area contributed by atoms with Crippen molar-refractivity contribution in [3.63, 3.8) is 0 Å². The Labute approximate surface area is 112 Å². The van der Waals surface area contributed by atoms with Crippen LogP contribution in [0.5, 0.6) is 5.75 Å². The molecule has 1 N–H and O–H groups in total. The van der Waals surface area contributed by atoms with E-state index in [1.807, 2.05) is 25.1 Å². The smallest absolute Gasteiger partial charge is 0.138 e. The molecule has 100 valence electrons. The highest BCUT2D eigenvalue weighted by Gasteiger charge is 2.20. The van der Waals surface area contributed by atoms with Gasteiger partial charge in [0.1, 0.15) is 17.3 Å². The number of hydrogen-bond acceptors (Lipinski definition) is 4. The van der Waals surface area contributed by atoms with Gasteiger partial charge < -0.3 is 14.5 Å². The second-order valence-corrected chi connectivity index (χ2v) is 4.76. The minimum atomic E-state index is 0.639. The number of rotatable bonds is 6. The Morgan fingerprint density at radius 3 is 3.05 bits per heavy atom. The highest BCUT2D eigenvalue weighted by molar-refractivity contribution is 5.58. The van der Waals surface area contributed by atoms with Gasteiger partial charge >= 0.3 is 0 Å². The van der Waals surface area contributed by atoms with Crippen molar-refractivity contribution in [2.24, 2.45) is 0 Å². The second-order valence-electron chi connectivity index (χ2n) is 4.76. The van der Waals surface area contributed by atoms with E-state index in [0.29, 0.717) is 12.6 Å². The Morgan fingerprint density at radius 2 is 2.26 bits per heavy atom. The van der Waals surface area contributed by atoms with E-state index in [2.05, 4.69) is 10.3 Å². The Morgan fingerprint density at radius 1 is 1.37 bits per heavy atom. The Bertz CT molecular complexity index is 547. The number of nitrogens with one attached hydrogen (secondary N) is 1. The monoisotopic (exact) mass is 258 g/mol. The molecule has 0 aliphatic heterocycles. The average Bonchev–Trinajstić information content (AvgIpc) is 3.14. The number of ether oxygens (including phenoxy) is 1. The predicted molar refractivity (Wildman–Crippen MR) is 73.0 cm³/mol. The van der Waals surface area contributed by atoms with Gasteiger partial charge in [0.15, 0.2) is 0 Å². The Kier molecular flexibility index (Phi) is 3.51. The summed E-state index contributed by atoms with van der Waals surface area (Å²) in [6, 6.07) is 6.64. The van der Waals surface area contributed by atoms with Crippen LogP contribution in [0.3, 0.4) is 0 Å². The minimum absolute atomic E-state index is 0.639. The SMILES string of the molecule is CCOc1cncc(-c2ccc(CNC3CC3)o2)c1. The fourth-order valence-corrected chi connectivity index (χ4v) is 1.96. The third-order valence-corrected chi connectivity index (χ3v) is 3.11. The molecule has 0 saturated heterocycles. The molecule has 0 radical (unpaired) electrons. The maximum atomic E-state index is 5.82. The lowest BCUT2D eigenvalue weighted by Crippen LogP contribution is -2.14. The number of furan rings is 1. The molecule has 0 bridgehead atoms. The molecule has 0 amide bonds. The molecule has 3 rings (SSSR count). The fourth-order valence-electron chi connectivity index (χ4n) is 1.96. The zero-order chi connectivity index (χ0) is 13.1. The van der Waals surface area contributed by atoms with Crippen LogP contribution < -0.4 is 10.1 Å². The number of pyridine rings is 1. The first-order valence-corrected chi connectivity index (χ1v) is 6.75. The predicted octanol–water partition coefficient (Wildman–Crippen LogP) is 2.99. The number of hydrogen-bond donors (Lipinski definition) is 1. The first kappa shape index (κ1) is 12.2. The molecule has 2 aromatic heterocycles. The molecule has 2 heterocycles. The van der Waals surface area contributed by atoms with Crippen molar-refractivity contribution in [2.45, 2.75) is 32.4 Å². The van der Waals surface area contributed by atoms with Gasteiger partial charge in [0.25, 0.3) is 0 Å². The standard InChI is InChI=1S/C15H18N2O2/c1-2-18-14-7-11(8-16-9-14)15-6-5-13(19-15)10-17-12-3-4-12/h5-9,12,17H,2-4,10H2,1H3. The van der Waals surface area contributed by atoms with Crippen LogP contribution in [-0.2, 0) is 6.54 Å². The Balaban J connectivity index is 1.71. The van der Waals surface area contributed by atoms with Crippen LogP contribution in [0.25, 0.3) is 11.3 Å². The van der Waals surface area contributed by atoms with Crippen molar-refractivity contribution in [2.75, 3.05) is 6.61 Å². The summed E-state index contributed by atoms with van der Waals surface area (Å²) in [5, 5.41) is 3.44. The number of nitrogens with zero attached hydrogens (tertiary/aromatic N) is 1. The first-order chi connectivity index (χ1) is 9.35. The average molecular weight is 258 g/mol. The fraction of sp³-hybridized carbons (Fsp3) is 0.400. The van der Waals surface area contributed by atoms with E-state index >= 15 is 0 Å². The molecule has 1 aliphatic carbocycles. The zero-order valence-corrected chi connectivity index (χ0v) is 11.1. The van der Waals surface area contributed by atoms with Gasteiger partial charge in [0, 0.05) is 17.8 Å². The van der Waals surface area contributed by atoms with Gasteiger partial charge in [-0.1, -0.05) is 0 Å². The lowest BCUT2D eigenvalue weighted by atomic mass is 10.2. The van der Waals surface area contributed by atoms with Crippen LogP contribution in [0, 0.1) is 0 Å². The van der Waals surface area contributed by atoms with Crippen molar-refractivity contribution in [1.82, 2.24) is 10.3 Å². The first-order valence-electron chi connectivity index (χ1n) is 6.75. The largest absolute Gasteiger partial charge is 0.492 e. The summed E-state index contributed by atoms with van der Waals surface area (Å²) >= 11 is 0. The normalized spacial score (nSPS) is 14.6. The molecule has 1 fully saturated rings. The summed E-state index contributed by atoms with van der Waals surface area (Å²) in [7, 11) is 0. The molecule has 1 aliphatic rings. The van der Waals surface area contributed by atoms with E-state index in [1.54, 1.807) is 12.4 Å². The van der Waals surface area contributed by atoms with Crippen molar-refractivity contribution in [3.8, 4) is 17.1 Å². The molecule has 0 spiro atoms. The molecular weight excluding hydrogens is 240 g/mol. The van der Waals surface area contributed by atoms with Gasteiger partial charge in [0.2, 0.25) is 0 Å². The van der Waals surface area contributed by atoms with Gasteiger partial charge in [-0.3, -0.25) is 4.98 Å². The van der Waals surface area contributed by atoms with Gasteiger partial charge in [-0.2, -0.15) is 0 Å². The van der Waals surface area contributed by atoms with Crippen LogP contribution in [0.2, 0.25) is 0 Å². The quantitative estimate of drug-likeness (QED) is 0.865. The molecule has 0 atom stereocenters.